The molecule has 1 saturated carbocycles. The smallest absolute Gasteiger partial charge is 0.00174 e. The maximum absolute atomic E-state index is 3.61. The molecule has 2 unspecified atom stereocenters. The zero-order valence-corrected chi connectivity index (χ0v) is 9.97. The van der Waals surface area contributed by atoms with E-state index in [4.69, 9.17) is 0 Å². The Morgan fingerprint density at radius 3 is 2.21 bits per heavy atom. The minimum atomic E-state index is 0.567. The number of rotatable bonds is 2. The third-order valence-electron chi connectivity index (χ3n) is 4.79. The lowest BCUT2D eigenvalue weighted by Gasteiger charge is -2.50. The van der Waals surface area contributed by atoms with Gasteiger partial charge in [-0.3, -0.25) is 0 Å². The van der Waals surface area contributed by atoms with Crippen LogP contribution >= 0.6 is 0 Å². The second kappa shape index (κ2) is 3.84. The fourth-order valence-corrected chi connectivity index (χ4v) is 3.81. The van der Waals surface area contributed by atoms with Crippen LogP contribution in [0.15, 0.2) is 0 Å². The molecule has 2 aliphatic rings. The Morgan fingerprint density at radius 2 is 1.71 bits per heavy atom. The van der Waals surface area contributed by atoms with E-state index in [1.165, 1.54) is 38.8 Å². The molecule has 1 heterocycles. The van der Waals surface area contributed by atoms with Crippen molar-refractivity contribution in [2.75, 3.05) is 13.1 Å². The third-order valence-corrected chi connectivity index (χ3v) is 4.79. The normalized spacial score (nSPS) is 38.4. The molecule has 2 bridgehead atoms. The predicted molar refractivity (Wildman–Crippen MR) is 61.3 cm³/mol. The van der Waals surface area contributed by atoms with Crippen molar-refractivity contribution in [3.05, 3.63) is 0 Å². The molecule has 0 aromatic carbocycles. The van der Waals surface area contributed by atoms with Crippen molar-refractivity contribution in [3.8, 4) is 0 Å². The van der Waals surface area contributed by atoms with Gasteiger partial charge in [-0.2, -0.15) is 0 Å². The fraction of sp³-hybridized carbons (Fsp3) is 1.00. The highest BCUT2D eigenvalue weighted by molar-refractivity contribution is 4.95. The van der Waals surface area contributed by atoms with E-state index < -0.39 is 0 Å². The van der Waals surface area contributed by atoms with Gasteiger partial charge in [0.25, 0.3) is 0 Å². The molecule has 1 nitrogen and oxygen atoms in total. The van der Waals surface area contributed by atoms with E-state index >= 15 is 0 Å². The van der Waals surface area contributed by atoms with Crippen molar-refractivity contribution >= 4 is 0 Å². The van der Waals surface area contributed by atoms with Gasteiger partial charge < -0.3 is 5.32 Å². The largest absolute Gasteiger partial charge is 0.316 e. The van der Waals surface area contributed by atoms with Gasteiger partial charge in [-0.15, -0.1) is 0 Å². The SMILES string of the molecule is CCC(C)(C)C1C2CCCC1CNC2. The summed E-state index contributed by atoms with van der Waals surface area (Å²) in [6.45, 7) is 9.88. The van der Waals surface area contributed by atoms with Gasteiger partial charge in [0.05, 0.1) is 0 Å². The topological polar surface area (TPSA) is 12.0 Å². The quantitative estimate of drug-likeness (QED) is 0.714. The zero-order valence-electron chi connectivity index (χ0n) is 9.97. The Hall–Kier alpha value is -0.0400. The Bertz CT molecular complexity index is 175. The molecule has 0 radical (unpaired) electrons. The molecule has 1 saturated heterocycles. The minimum absolute atomic E-state index is 0.567. The molecular weight excluding hydrogens is 170 g/mol. The molecule has 1 N–H and O–H groups in total. The number of fused-ring (bicyclic) bond motifs is 2. The van der Waals surface area contributed by atoms with Crippen LogP contribution in [0.25, 0.3) is 0 Å². The second-order valence-corrected chi connectivity index (χ2v) is 5.98. The summed E-state index contributed by atoms with van der Waals surface area (Å²) in [7, 11) is 0. The van der Waals surface area contributed by atoms with Crippen molar-refractivity contribution in [2.45, 2.75) is 46.5 Å². The van der Waals surface area contributed by atoms with Crippen molar-refractivity contribution in [1.29, 1.82) is 0 Å². The first-order chi connectivity index (χ1) is 6.65. The van der Waals surface area contributed by atoms with E-state index in [0.29, 0.717) is 5.41 Å². The van der Waals surface area contributed by atoms with Gasteiger partial charge in [-0.05, 0) is 49.1 Å². The molecule has 14 heavy (non-hydrogen) atoms. The van der Waals surface area contributed by atoms with Crippen molar-refractivity contribution in [2.24, 2.45) is 23.2 Å². The maximum Gasteiger partial charge on any atom is -0.00174 e. The monoisotopic (exact) mass is 195 g/mol. The van der Waals surface area contributed by atoms with Crippen LogP contribution in [0.2, 0.25) is 0 Å². The summed E-state index contributed by atoms with van der Waals surface area (Å²) in [5, 5.41) is 3.61. The Labute approximate surface area is 88.7 Å². The van der Waals surface area contributed by atoms with Gasteiger partial charge in [0.1, 0.15) is 0 Å². The van der Waals surface area contributed by atoms with E-state index in [-0.39, 0.29) is 0 Å². The Balaban J connectivity index is 2.15. The lowest BCUT2D eigenvalue weighted by Crippen LogP contribution is -2.51. The molecule has 2 rings (SSSR count). The van der Waals surface area contributed by atoms with E-state index in [2.05, 4.69) is 26.1 Å². The van der Waals surface area contributed by atoms with Crippen LogP contribution in [-0.4, -0.2) is 13.1 Å². The van der Waals surface area contributed by atoms with Gasteiger partial charge in [0, 0.05) is 0 Å². The third kappa shape index (κ3) is 1.71. The average Bonchev–Trinajstić information content (AvgIpc) is 2.16. The van der Waals surface area contributed by atoms with E-state index in [9.17, 15) is 0 Å². The molecule has 2 atom stereocenters. The summed E-state index contributed by atoms with van der Waals surface area (Å²) >= 11 is 0. The van der Waals surface area contributed by atoms with Crippen LogP contribution in [0, 0.1) is 23.2 Å². The van der Waals surface area contributed by atoms with Gasteiger partial charge >= 0.3 is 0 Å². The lowest BCUT2D eigenvalue weighted by molar-refractivity contribution is 0.00871. The van der Waals surface area contributed by atoms with Gasteiger partial charge in [-0.25, -0.2) is 0 Å². The summed E-state index contributed by atoms with van der Waals surface area (Å²) in [4.78, 5) is 0. The molecule has 2 fully saturated rings. The van der Waals surface area contributed by atoms with Gasteiger partial charge in [-0.1, -0.05) is 33.6 Å². The highest BCUT2D eigenvalue weighted by Gasteiger charge is 2.43. The number of hydrogen-bond acceptors (Lipinski definition) is 1. The highest BCUT2D eigenvalue weighted by Crippen LogP contribution is 2.48. The Morgan fingerprint density at radius 1 is 1.14 bits per heavy atom. The molecular formula is C13H25N. The first-order valence-corrected chi connectivity index (χ1v) is 6.36. The molecule has 1 heteroatoms. The van der Waals surface area contributed by atoms with Crippen molar-refractivity contribution in [3.63, 3.8) is 0 Å². The Kier molecular flexibility index (Phi) is 2.88. The maximum atomic E-state index is 3.61. The van der Waals surface area contributed by atoms with Crippen molar-refractivity contribution in [1.82, 2.24) is 5.32 Å². The summed E-state index contributed by atoms with van der Waals surface area (Å²) in [5.74, 6) is 2.93. The fourth-order valence-electron chi connectivity index (χ4n) is 3.81. The molecule has 0 aromatic heterocycles. The molecule has 1 aliphatic carbocycles. The van der Waals surface area contributed by atoms with Gasteiger partial charge in [0.15, 0.2) is 0 Å². The lowest BCUT2D eigenvalue weighted by atomic mass is 9.58. The first-order valence-electron chi connectivity index (χ1n) is 6.36. The van der Waals surface area contributed by atoms with Crippen molar-refractivity contribution < 1.29 is 0 Å². The van der Waals surface area contributed by atoms with E-state index in [1.54, 1.807) is 0 Å². The summed E-state index contributed by atoms with van der Waals surface area (Å²) in [5.41, 5.74) is 0.567. The number of hydrogen-bond donors (Lipinski definition) is 1. The van der Waals surface area contributed by atoms with Gasteiger partial charge in [0.2, 0.25) is 0 Å². The average molecular weight is 195 g/mol. The summed E-state index contributed by atoms with van der Waals surface area (Å²) in [6.07, 6.45) is 5.76. The second-order valence-electron chi connectivity index (χ2n) is 5.98. The number of piperidine rings is 1. The van der Waals surface area contributed by atoms with Crippen LogP contribution in [0.5, 0.6) is 0 Å². The summed E-state index contributed by atoms with van der Waals surface area (Å²) in [6, 6.07) is 0. The standard InChI is InChI=1S/C13H25N/c1-4-13(2,3)12-10-6-5-7-11(12)9-14-8-10/h10-12,14H,4-9H2,1-3H3. The molecule has 0 aromatic rings. The van der Waals surface area contributed by atoms with Crippen LogP contribution in [0.4, 0.5) is 0 Å². The highest BCUT2D eigenvalue weighted by atomic mass is 14.9. The number of nitrogens with one attached hydrogen (secondary N) is 1. The van der Waals surface area contributed by atoms with Crippen LogP contribution in [-0.2, 0) is 0 Å². The molecule has 0 amide bonds. The van der Waals surface area contributed by atoms with E-state index in [1.807, 2.05) is 0 Å². The molecule has 82 valence electrons. The minimum Gasteiger partial charge on any atom is -0.316 e. The van der Waals surface area contributed by atoms with Crippen LogP contribution in [0.3, 0.4) is 0 Å². The van der Waals surface area contributed by atoms with Crippen LogP contribution in [0.1, 0.15) is 46.5 Å². The predicted octanol–water partition coefficient (Wildman–Crippen LogP) is 3.06. The van der Waals surface area contributed by atoms with Crippen LogP contribution < -0.4 is 5.32 Å². The summed E-state index contributed by atoms with van der Waals surface area (Å²) < 4.78 is 0. The zero-order chi connectivity index (χ0) is 10.2. The molecule has 1 aliphatic heterocycles. The first kappa shape index (κ1) is 10.5. The van der Waals surface area contributed by atoms with E-state index in [0.717, 1.165) is 17.8 Å². The molecule has 0 spiro atoms.